The van der Waals surface area contributed by atoms with E-state index in [-0.39, 0.29) is 6.04 Å². The van der Waals surface area contributed by atoms with E-state index in [0.717, 1.165) is 6.42 Å². The molecule has 0 radical (unpaired) electrons. The summed E-state index contributed by atoms with van der Waals surface area (Å²) in [4.78, 5) is 0. The highest BCUT2D eigenvalue weighted by Gasteiger charge is 2.20. The maximum atomic E-state index is 11.3. The second-order valence-corrected chi connectivity index (χ2v) is 5.18. The zero-order valence-electron chi connectivity index (χ0n) is 8.70. The van der Waals surface area contributed by atoms with E-state index in [9.17, 15) is 8.42 Å². The van der Waals surface area contributed by atoms with Crippen LogP contribution >= 0.6 is 0 Å². The van der Waals surface area contributed by atoms with Gasteiger partial charge in [-0.1, -0.05) is 13.8 Å². The normalized spacial score (nSPS) is 16.9. The second-order valence-electron chi connectivity index (χ2n) is 3.22. The Morgan fingerprint density at radius 1 is 1.23 bits per heavy atom. The van der Waals surface area contributed by atoms with Crippen molar-refractivity contribution < 1.29 is 12.7 Å². The number of hydroxylamine groups is 1. The monoisotopic (exact) mass is 209 g/mol. The van der Waals surface area contributed by atoms with Gasteiger partial charge in [0.05, 0.1) is 5.25 Å². The topological polar surface area (TPSA) is 55.4 Å². The van der Waals surface area contributed by atoms with E-state index in [1.54, 1.807) is 6.92 Å². The highest BCUT2D eigenvalue weighted by molar-refractivity contribution is 7.87. The largest absolute Gasteiger partial charge is 0.285 e. The zero-order valence-corrected chi connectivity index (χ0v) is 9.52. The summed E-state index contributed by atoms with van der Waals surface area (Å²) in [6.45, 7) is 7.27. The first-order valence-electron chi connectivity index (χ1n) is 4.61. The van der Waals surface area contributed by atoms with Crippen LogP contribution in [0.4, 0.5) is 0 Å². The van der Waals surface area contributed by atoms with E-state index in [1.165, 1.54) is 0 Å². The Balaban J connectivity index is 4.04. The smallest absolute Gasteiger partial charge is 0.198 e. The third-order valence-corrected chi connectivity index (χ3v) is 3.69. The molecule has 4 nitrogen and oxygen atoms in total. The first-order valence-corrected chi connectivity index (χ1v) is 6.09. The molecule has 0 spiro atoms. The van der Waals surface area contributed by atoms with Crippen LogP contribution in [0.15, 0.2) is 0 Å². The van der Waals surface area contributed by atoms with Gasteiger partial charge in [0.15, 0.2) is 0 Å². The first kappa shape index (κ1) is 12.9. The molecule has 5 heteroatoms. The molecule has 0 rings (SSSR count). The maximum Gasteiger partial charge on any atom is 0.285 e. The highest BCUT2D eigenvalue weighted by Crippen LogP contribution is 2.06. The van der Waals surface area contributed by atoms with E-state index in [0.29, 0.717) is 6.42 Å². The van der Waals surface area contributed by atoms with Gasteiger partial charge in [-0.05, 0) is 26.7 Å². The van der Waals surface area contributed by atoms with Crippen LogP contribution in [0, 0.1) is 0 Å². The summed E-state index contributed by atoms with van der Waals surface area (Å²) in [6.07, 6.45) is 1.39. The van der Waals surface area contributed by atoms with Crippen molar-refractivity contribution in [1.29, 1.82) is 0 Å². The quantitative estimate of drug-likeness (QED) is 0.672. The van der Waals surface area contributed by atoms with Crippen LogP contribution < -0.4 is 5.48 Å². The van der Waals surface area contributed by atoms with Gasteiger partial charge in [0, 0.05) is 6.04 Å². The van der Waals surface area contributed by atoms with E-state index in [1.807, 2.05) is 20.8 Å². The van der Waals surface area contributed by atoms with Gasteiger partial charge >= 0.3 is 0 Å². The van der Waals surface area contributed by atoms with Crippen molar-refractivity contribution in [2.45, 2.75) is 51.8 Å². The predicted octanol–water partition coefficient (Wildman–Crippen LogP) is 1.43. The minimum absolute atomic E-state index is 0.0545. The molecule has 80 valence electrons. The molecular weight excluding hydrogens is 190 g/mol. The van der Waals surface area contributed by atoms with Gasteiger partial charge in [0.2, 0.25) is 0 Å². The fourth-order valence-corrected chi connectivity index (χ4v) is 1.39. The van der Waals surface area contributed by atoms with Crippen molar-refractivity contribution in [1.82, 2.24) is 5.48 Å². The molecule has 0 amide bonds. The van der Waals surface area contributed by atoms with Crippen LogP contribution in [-0.2, 0) is 14.4 Å². The SMILES string of the molecule is CCC(C)NOS(=O)(=O)C(C)CC. The maximum absolute atomic E-state index is 11.3. The van der Waals surface area contributed by atoms with Gasteiger partial charge in [-0.2, -0.15) is 18.2 Å². The van der Waals surface area contributed by atoms with Crippen LogP contribution in [-0.4, -0.2) is 19.7 Å². The molecule has 0 fully saturated rings. The lowest BCUT2D eigenvalue weighted by Gasteiger charge is -2.14. The molecule has 0 heterocycles. The van der Waals surface area contributed by atoms with Gasteiger partial charge in [-0.3, -0.25) is 0 Å². The van der Waals surface area contributed by atoms with Crippen LogP contribution in [0.5, 0.6) is 0 Å². The molecule has 0 aliphatic rings. The summed E-state index contributed by atoms with van der Waals surface area (Å²) in [5.74, 6) is 0. The number of nitrogens with one attached hydrogen (secondary N) is 1. The summed E-state index contributed by atoms with van der Waals surface area (Å²) in [6, 6.07) is 0.0545. The Bertz CT molecular complexity index is 226. The summed E-state index contributed by atoms with van der Waals surface area (Å²) in [5.41, 5.74) is 2.50. The summed E-state index contributed by atoms with van der Waals surface area (Å²) in [7, 11) is -3.43. The van der Waals surface area contributed by atoms with Crippen LogP contribution in [0.3, 0.4) is 0 Å². The minimum atomic E-state index is -3.43. The number of rotatable bonds is 6. The van der Waals surface area contributed by atoms with Crippen molar-refractivity contribution in [2.24, 2.45) is 0 Å². The van der Waals surface area contributed by atoms with Crippen LogP contribution in [0.2, 0.25) is 0 Å². The van der Waals surface area contributed by atoms with Crippen LogP contribution in [0.1, 0.15) is 40.5 Å². The Morgan fingerprint density at radius 3 is 2.15 bits per heavy atom. The third kappa shape index (κ3) is 4.59. The van der Waals surface area contributed by atoms with Crippen molar-refractivity contribution in [3.05, 3.63) is 0 Å². The molecule has 0 aliphatic heterocycles. The molecule has 0 saturated heterocycles. The standard InChI is InChI=1S/C8H19NO3S/c1-5-7(3)9-12-13(10,11)8(4)6-2/h7-9H,5-6H2,1-4H3. The molecule has 2 unspecified atom stereocenters. The fraction of sp³-hybridized carbons (Fsp3) is 1.00. The van der Waals surface area contributed by atoms with Gasteiger partial charge < -0.3 is 0 Å². The minimum Gasteiger partial charge on any atom is -0.198 e. The zero-order chi connectivity index (χ0) is 10.5. The molecule has 0 saturated carbocycles. The average Bonchev–Trinajstić information content (AvgIpc) is 2.12. The van der Waals surface area contributed by atoms with Gasteiger partial charge in [-0.15, -0.1) is 0 Å². The molecule has 0 aliphatic carbocycles. The lowest BCUT2D eigenvalue weighted by Crippen LogP contribution is -2.32. The van der Waals surface area contributed by atoms with E-state index in [4.69, 9.17) is 0 Å². The molecule has 13 heavy (non-hydrogen) atoms. The number of hydrogen-bond donors (Lipinski definition) is 1. The predicted molar refractivity (Wildman–Crippen MR) is 52.6 cm³/mol. The lowest BCUT2D eigenvalue weighted by molar-refractivity contribution is 0.165. The summed E-state index contributed by atoms with van der Waals surface area (Å²) >= 11 is 0. The Morgan fingerprint density at radius 2 is 1.77 bits per heavy atom. The Kier molecular flexibility index (Phi) is 5.51. The van der Waals surface area contributed by atoms with Gasteiger partial charge in [0.1, 0.15) is 0 Å². The van der Waals surface area contributed by atoms with Crippen molar-refractivity contribution >= 4 is 10.1 Å². The van der Waals surface area contributed by atoms with Crippen molar-refractivity contribution in [3.8, 4) is 0 Å². The third-order valence-electron chi connectivity index (χ3n) is 2.05. The summed E-state index contributed by atoms with van der Waals surface area (Å²) < 4.78 is 27.3. The van der Waals surface area contributed by atoms with Crippen molar-refractivity contribution in [3.63, 3.8) is 0 Å². The van der Waals surface area contributed by atoms with E-state index in [2.05, 4.69) is 9.76 Å². The summed E-state index contributed by atoms with van der Waals surface area (Å²) in [5, 5.41) is -0.455. The van der Waals surface area contributed by atoms with Gasteiger partial charge in [0.25, 0.3) is 10.1 Å². The molecule has 0 aromatic rings. The molecule has 2 atom stereocenters. The van der Waals surface area contributed by atoms with Gasteiger partial charge in [-0.25, -0.2) is 0 Å². The number of hydrogen-bond acceptors (Lipinski definition) is 4. The fourth-order valence-electron chi connectivity index (χ4n) is 0.519. The molecular formula is C8H19NO3S. The second kappa shape index (κ2) is 5.57. The average molecular weight is 209 g/mol. The molecule has 1 N–H and O–H groups in total. The Hall–Kier alpha value is -0.130. The highest BCUT2D eigenvalue weighted by atomic mass is 32.2. The van der Waals surface area contributed by atoms with E-state index >= 15 is 0 Å². The molecule has 0 aromatic carbocycles. The molecule has 0 aromatic heterocycles. The van der Waals surface area contributed by atoms with Crippen molar-refractivity contribution in [2.75, 3.05) is 0 Å². The lowest BCUT2D eigenvalue weighted by atomic mass is 10.3. The van der Waals surface area contributed by atoms with E-state index < -0.39 is 15.4 Å². The first-order chi connectivity index (χ1) is 5.94. The van der Waals surface area contributed by atoms with Crippen LogP contribution in [0.25, 0.3) is 0 Å². The Labute approximate surface area is 80.7 Å². The molecule has 0 bridgehead atoms.